The first-order valence-corrected chi connectivity index (χ1v) is 10.8. The van der Waals surface area contributed by atoms with Crippen LogP contribution in [0.3, 0.4) is 0 Å². The van der Waals surface area contributed by atoms with Gasteiger partial charge < -0.3 is 10.2 Å². The van der Waals surface area contributed by atoms with Gasteiger partial charge in [0.05, 0.1) is 0 Å². The molecule has 4 rings (SSSR count). The zero-order chi connectivity index (χ0) is 23.9. The van der Waals surface area contributed by atoms with Crippen molar-refractivity contribution < 1.29 is 24.0 Å². The van der Waals surface area contributed by atoms with Gasteiger partial charge in [0.15, 0.2) is 0 Å². The van der Waals surface area contributed by atoms with Crippen LogP contribution in [0.2, 0.25) is 0 Å². The molecule has 1 saturated heterocycles. The monoisotopic (exact) mass is 447 g/mol. The van der Waals surface area contributed by atoms with E-state index in [1.165, 1.54) is 4.90 Å². The minimum Gasteiger partial charge on any atom is -0.345 e. The van der Waals surface area contributed by atoms with Crippen molar-refractivity contribution in [3.8, 4) is 0 Å². The number of carbonyl (C=O) groups excluding carboxylic acids is 5. The number of ketones is 1. The summed E-state index contributed by atoms with van der Waals surface area (Å²) in [7, 11) is 0. The number of Topliss-reactive ketones (excluding diaryl/α,β-unsaturated/α-hetero) is 1. The highest BCUT2D eigenvalue weighted by Crippen LogP contribution is 2.28. The lowest BCUT2D eigenvalue weighted by molar-refractivity contribution is -0.137. The average molecular weight is 447 g/mol. The Morgan fingerprint density at radius 1 is 1.06 bits per heavy atom. The molecule has 2 aliphatic rings. The Bertz CT molecular complexity index is 1190. The summed E-state index contributed by atoms with van der Waals surface area (Å²) in [6.07, 6.45) is 0.495. The minimum absolute atomic E-state index is 0.133. The second-order valence-corrected chi connectivity index (χ2v) is 8.68. The zero-order valence-corrected chi connectivity index (χ0v) is 18.8. The van der Waals surface area contributed by atoms with Gasteiger partial charge in [-0.25, -0.2) is 0 Å². The maximum absolute atomic E-state index is 12.8. The molecule has 170 valence electrons. The van der Waals surface area contributed by atoms with Crippen molar-refractivity contribution in [3.63, 3.8) is 0 Å². The van der Waals surface area contributed by atoms with Crippen LogP contribution in [-0.4, -0.2) is 40.4 Å². The van der Waals surface area contributed by atoms with Crippen LogP contribution in [0, 0.1) is 20.8 Å². The number of rotatable bonds is 5. The van der Waals surface area contributed by atoms with E-state index in [1.54, 1.807) is 18.2 Å². The molecule has 1 fully saturated rings. The Labute approximate surface area is 191 Å². The predicted molar refractivity (Wildman–Crippen MR) is 119 cm³/mol. The molecule has 2 N–H and O–H groups in total. The molecule has 2 aromatic rings. The smallest absolute Gasteiger partial charge is 0.292 e. The van der Waals surface area contributed by atoms with Gasteiger partial charge in [-0.3, -0.25) is 29.3 Å². The molecule has 0 saturated carbocycles. The average Bonchev–Trinajstić information content (AvgIpc) is 3.06. The standard InChI is InChI=1S/C25H25N3O5/c1-13-8-14(2)21(15(3)9-13)22(30)24(32)26-11-16-4-5-18-17(10-16)12-28(25(18)33)19-6-7-20(29)27-23(19)31/h4-5,8-10,19H,6-7,11-12H2,1-3H3,(H,26,32)(H,27,29,31). The number of benzene rings is 2. The lowest BCUT2D eigenvalue weighted by Gasteiger charge is -2.29. The molecule has 4 amide bonds. The van der Waals surface area contributed by atoms with Crippen LogP contribution in [0.15, 0.2) is 30.3 Å². The lowest BCUT2D eigenvalue weighted by Crippen LogP contribution is -2.52. The molecule has 0 spiro atoms. The van der Waals surface area contributed by atoms with Crippen LogP contribution >= 0.6 is 0 Å². The van der Waals surface area contributed by atoms with E-state index in [2.05, 4.69) is 10.6 Å². The van der Waals surface area contributed by atoms with Crippen molar-refractivity contribution in [1.82, 2.24) is 15.5 Å². The van der Waals surface area contributed by atoms with E-state index in [1.807, 2.05) is 32.9 Å². The third-order valence-corrected chi connectivity index (χ3v) is 6.15. The Morgan fingerprint density at radius 3 is 2.42 bits per heavy atom. The van der Waals surface area contributed by atoms with Crippen molar-refractivity contribution in [2.75, 3.05) is 0 Å². The van der Waals surface area contributed by atoms with Gasteiger partial charge in [0.25, 0.3) is 17.6 Å². The molecule has 1 atom stereocenters. The second kappa shape index (κ2) is 8.61. The maximum Gasteiger partial charge on any atom is 0.292 e. The Balaban J connectivity index is 1.43. The zero-order valence-electron chi connectivity index (χ0n) is 18.8. The van der Waals surface area contributed by atoms with E-state index in [9.17, 15) is 24.0 Å². The number of nitrogens with one attached hydrogen (secondary N) is 2. The number of fused-ring (bicyclic) bond motifs is 1. The quantitative estimate of drug-likeness (QED) is 0.413. The topological polar surface area (TPSA) is 113 Å². The van der Waals surface area contributed by atoms with Crippen molar-refractivity contribution in [3.05, 3.63) is 69.3 Å². The van der Waals surface area contributed by atoms with Crippen molar-refractivity contribution in [1.29, 1.82) is 0 Å². The first-order valence-electron chi connectivity index (χ1n) is 10.8. The number of piperidine rings is 1. The molecular formula is C25H25N3O5. The summed E-state index contributed by atoms with van der Waals surface area (Å²) in [5.74, 6) is -2.31. The third-order valence-electron chi connectivity index (χ3n) is 6.15. The molecular weight excluding hydrogens is 422 g/mol. The van der Waals surface area contributed by atoms with E-state index < -0.39 is 23.6 Å². The predicted octanol–water partition coefficient (Wildman–Crippen LogP) is 1.87. The van der Waals surface area contributed by atoms with Crippen LogP contribution in [0.4, 0.5) is 0 Å². The van der Waals surface area contributed by atoms with E-state index in [0.717, 1.165) is 27.8 Å². The number of carbonyl (C=O) groups is 5. The van der Waals surface area contributed by atoms with Gasteiger partial charge in [-0.1, -0.05) is 29.8 Å². The minimum atomic E-state index is -0.688. The second-order valence-electron chi connectivity index (χ2n) is 8.68. The van der Waals surface area contributed by atoms with Gasteiger partial charge in [0.1, 0.15) is 6.04 Å². The highest BCUT2D eigenvalue weighted by Gasteiger charge is 2.39. The molecule has 1 unspecified atom stereocenters. The highest BCUT2D eigenvalue weighted by molar-refractivity contribution is 6.43. The molecule has 2 aliphatic heterocycles. The van der Waals surface area contributed by atoms with E-state index in [-0.39, 0.29) is 31.3 Å². The van der Waals surface area contributed by atoms with E-state index in [4.69, 9.17) is 0 Å². The molecule has 0 bridgehead atoms. The first kappa shape index (κ1) is 22.4. The fourth-order valence-corrected chi connectivity index (χ4v) is 4.65. The third kappa shape index (κ3) is 4.28. The molecule has 8 nitrogen and oxygen atoms in total. The first-order chi connectivity index (χ1) is 15.7. The summed E-state index contributed by atoms with van der Waals surface area (Å²) >= 11 is 0. The van der Waals surface area contributed by atoms with E-state index in [0.29, 0.717) is 17.5 Å². The molecule has 2 heterocycles. The summed E-state index contributed by atoms with van der Waals surface area (Å²) in [6.45, 7) is 5.95. The van der Waals surface area contributed by atoms with Gasteiger partial charge in [0, 0.05) is 30.6 Å². The maximum atomic E-state index is 12.8. The highest BCUT2D eigenvalue weighted by atomic mass is 16.2. The number of imide groups is 1. The lowest BCUT2D eigenvalue weighted by atomic mass is 9.96. The number of amides is 4. The van der Waals surface area contributed by atoms with Crippen molar-refractivity contribution >= 4 is 29.4 Å². The summed E-state index contributed by atoms with van der Waals surface area (Å²) in [5.41, 5.74) is 4.95. The number of aryl methyl sites for hydroxylation is 3. The Kier molecular flexibility index (Phi) is 5.84. The summed E-state index contributed by atoms with van der Waals surface area (Å²) in [5, 5.41) is 4.95. The number of hydrogen-bond donors (Lipinski definition) is 2. The van der Waals surface area contributed by atoms with Gasteiger partial charge in [-0.15, -0.1) is 0 Å². The van der Waals surface area contributed by atoms with Crippen molar-refractivity contribution in [2.24, 2.45) is 0 Å². The largest absolute Gasteiger partial charge is 0.345 e. The molecule has 0 aromatic heterocycles. The van der Waals surface area contributed by atoms with Crippen LogP contribution in [0.1, 0.15) is 61.4 Å². The van der Waals surface area contributed by atoms with Crippen LogP contribution in [-0.2, 0) is 27.5 Å². The summed E-state index contributed by atoms with van der Waals surface area (Å²) in [4.78, 5) is 63.0. The fraction of sp³-hybridized carbons (Fsp3) is 0.320. The van der Waals surface area contributed by atoms with Crippen LogP contribution < -0.4 is 10.6 Å². The molecule has 33 heavy (non-hydrogen) atoms. The van der Waals surface area contributed by atoms with Crippen molar-refractivity contribution in [2.45, 2.75) is 52.7 Å². The Morgan fingerprint density at radius 2 is 1.76 bits per heavy atom. The molecule has 2 aromatic carbocycles. The van der Waals surface area contributed by atoms with Gasteiger partial charge in [0.2, 0.25) is 11.8 Å². The molecule has 8 heteroatoms. The van der Waals surface area contributed by atoms with E-state index >= 15 is 0 Å². The molecule has 0 radical (unpaired) electrons. The molecule has 0 aliphatic carbocycles. The van der Waals surface area contributed by atoms with Crippen LogP contribution in [0.25, 0.3) is 0 Å². The normalized spacial score (nSPS) is 17.6. The van der Waals surface area contributed by atoms with Gasteiger partial charge in [-0.2, -0.15) is 0 Å². The Hall–Kier alpha value is -3.81. The van der Waals surface area contributed by atoms with Gasteiger partial charge >= 0.3 is 0 Å². The summed E-state index contributed by atoms with van der Waals surface area (Å²) in [6, 6.07) is 8.26. The van der Waals surface area contributed by atoms with Crippen LogP contribution in [0.5, 0.6) is 0 Å². The number of hydrogen-bond acceptors (Lipinski definition) is 5. The summed E-state index contributed by atoms with van der Waals surface area (Å²) < 4.78 is 0. The van der Waals surface area contributed by atoms with Gasteiger partial charge in [-0.05, 0) is 55.5 Å². The number of nitrogens with zero attached hydrogens (tertiary/aromatic N) is 1. The fourth-order valence-electron chi connectivity index (χ4n) is 4.65. The SMILES string of the molecule is Cc1cc(C)c(C(=O)C(=O)NCc2ccc3c(c2)CN(C2CCC(=O)NC2=O)C3=O)c(C)c1.